The highest BCUT2D eigenvalue weighted by molar-refractivity contribution is 4.68. The fourth-order valence-electron chi connectivity index (χ4n) is 0.677. The normalized spacial score (nSPS) is 12.0. The number of rotatable bonds is 2. The lowest BCUT2D eigenvalue weighted by atomic mass is 9.91. The van der Waals surface area contributed by atoms with Crippen molar-refractivity contribution in [1.29, 1.82) is 0 Å². The van der Waals surface area contributed by atoms with Crippen molar-refractivity contribution in [3.63, 3.8) is 0 Å². The first-order valence-corrected chi connectivity index (χ1v) is 2.91. The molecule has 0 amide bonds. The monoisotopic (exact) mass is 99.1 g/mol. The molecule has 0 spiro atoms. The summed E-state index contributed by atoms with van der Waals surface area (Å²) in [5, 5.41) is 0. The quantitative estimate of drug-likeness (QED) is 0.499. The lowest BCUT2D eigenvalue weighted by molar-refractivity contribution is 0.427. The van der Waals surface area contributed by atoms with E-state index in [-0.39, 0.29) is 0 Å². The molecule has 0 aliphatic rings. The van der Waals surface area contributed by atoms with Crippen LogP contribution in [0.25, 0.3) is 0 Å². The largest absolute Gasteiger partial charge is 0.0654 e. The molecule has 0 fully saturated rings. The Balaban J connectivity index is 3.15. The molecule has 0 aliphatic carbocycles. The minimum absolute atomic E-state index is 0.300. The zero-order valence-electron chi connectivity index (χ0n) is 5.62. The van der Waals surface area contributed by atoms with E-state index >= 15 is 0 Å². The first-order valence-electron chi connectivity index (χ1n) is 2.91. The van der Waals surface area contributed by atoms with Gasteiger partial charge in [0.15, 0.2) is 0 Å². The molecule has 0 nitrogen and oxygen atoms in total. The average Bonchev–Trinajstić information content (AvgIpc) is 1.30. The van der Waals surface area contributed by atoms with Crippen molar-refractivity contribution in [1.82, 2.24) is 0 Å². The second-order valence-electron chi connectivity index (χ2n) is 2.91. The molecule has 43 valence electrons. The summed E-state index contributed by atoms with van der Waals surface area (Å²) in [6.07, 6.45) is 2.48. The van der Waals surface area contributed by atoms with E-state index < -0.39 is 0 Å². The molecule has 0 atom stereocenters. The molecule has 0 saturated heterocycles. The summed E-state index contributed by atoms with van der Waals surface area (Å²) in [4.78, 5) is 0. The summed E-state index contributed by atoms with van der Waals surface area (Å²) in [6, 6.07) is 0. The minimum Gasteiger partial charge on any atom is -0.0654 e. The first kappa shape index (κ1) is 7.00. The predicted octanol–water partition coefficient (Wildman–Crippen LogP) is 2.65. The maximum absolute atomic E-state index is 3.96. The SMILES string of the molecule is [CH2]C(C)(C)CCC. The van der Waals surface area contributed by atoms with Crippen LogP contribution in [0.4, 0.5) is 0 Å². The van der Waals surface area contributed by atoms with Gasteiger partial charge < -0.3 is 0 Å². The van der Waals surface area contributed by atoms with Gasteiger partial charge in [-0.1, -0.05) is 27.2 Å². The van der Waals surface area contributed by atoms with Gasteiger partial charge in [0.25, 0.3) is 0 Å². The zero-order valence-corrected chi connectivity index (χ0v) is 5.62. The van der Waals surface area contributed by atoms with Gasteiger partial charge >= 0.3 is 0 Å². The fraction of sp³-hybridized carbons (Fsp3) is 0.857. The maximum Gasteiger partial charge on any atom is -0.0354 e. The van der Waals surface area contributed by atoms with Gasteiger partial charge in [-0.15, -0.1) is 0 Å². The van der Waals surface area contributed by atoms with Crippen LogP contribution in [0.5, 0.6) is 0 Å². The van der Waals surface area contributed by atoms with Crippen LogP contribution in [0.1, 0.15) is 33.6 Å². The van der Waals surface area contributed by atoms with E-state index in [0.29, 0.717) is 5.41 Å². The van der Waals surface area contributed by atoms with Gasteiger partial charge in [-0.3, -0.25) is 0 Å². The minimum atomic E-state index is 0.300. The van der Waals surface area contributed by atoms with Gasteiger partial charge in [-0.2, -0.15) is 0 Å². The summed E-state index contributed by atoms with van der Waals surface area (Å²) < 4.78 is 0. The second kappa shape index (κ2) is 2.34. The number of hydrogen-bond donors (Lipinski definition) is 0. The highest BCUT2D eigenvalue weighted by Crippen LogP contribution is 2.18. The highest BCUT2D eigenvalue weighted by Gasteiger charge is 2.06. The average molecular weight is 99.2 g/mol. The van der Waals surface area contributed by atoms with Crippen LogP contribution in [0.15, 0.2) is 0 Å². The van der Waals surface area contributed by atoms with E-state index in [1.54, 1.807) is 0 Å². The Bertz CT molecular complexity index is 38.5. The Kier molecular flexibility index (Phi) is 2.34. The van der Waals surface area contributed by atoms with Crippen molar-refractivity contribution in [3.8, 4) is 0 Å². The van der Waals surface area contributed by atoms with E-state index in [4.69, 9.17) is 0 Å². The Morgan fingerprint density at radius 3 is 1.86 bits per heavy atom. The van der Waals surface area contributed by atoms with Gasteiger partial charge in [0.2, 0.25) is 0 Å². The number of hydrogen-bond acceptors (Lipinski definition) is 0. The molecular weight excluding hydrogens is 84.1 g/mol. The molecule has 1 radical (unpaired) electrons. The van der Waals surface area contributed by atoms with Crippen molar-refractivity contribution < 1.29 is 0 Å². The third-order valence-corrected chi connectivity index (χ3v) is 0.927. The molecule has 0 N–H and O–H groups in total. The standard InChI is InChI=1S/C7H15/c1-5-6-7(2,3)4/h2,5-6H2,1,3-4H3. The molecule has 0 heteroatoms. The van der Waals surface area contributed by atoms with Gasteiger partial charge in [0.1, 0.15) is 0 Å². The third-order valence-electron chi connectivity index (χ3n) is 0.927. The highest BCUT2D eigenvalue weighted by atomic mass is 14.1. The predicted molar refractivity (Wildman–Crippen MR) is 34.0 cm³/mol. The molecule has 0 aromatic rings. The topological polar surface area (TPSA) is 0 Å². The fourth-order valence-corrected chi connectivity index (χ4v) is 0.677. The Labute approximate surface area is 46.9 Å². The van der Waals surface area contributed by atoms with Crippen LogP contribution in [-0.4, -0.2) is 0 Å². The van der Waals surface area contributed by atoms with Crippen molar-refractivity contribution in [2.45, 2.75) is 33.6 Å². The third kappa shape index (κ3) is 6.00. The van der Waals surface area contributed by atoms with Crippen molar-refractivity contribution >= 4 is 0 Å². The van der Waals surface area contributed by atoms with Crippen LogP contribution >= 0.6 is 0 Å². The van der Waals surface area contributed by atoms with E-state index in [1.165, 1.54) is 12.8 Å². The van der Waals surface area contributed by atoms with Crippen molar-refractivity contribution in [2.24, 2.45) is 5.41 Å². The van der Waals surface area contributed by atoms with Crippen LogP contribution in [0, 0.1) is 12.3 Å². The Hall–Kier alpha value is 0. The van der Waals surface area contributed by atoms with E-state index in [2.05, 4.69) is 27.7 Å². The maximum atomic E-state index is 3.96. The first-order chi connectivity index (χ1) is 3.06. The molecule has 0 aliphatic heterocycles. The Morgan fingerprint density at radius 1 is 1.43 bits per heavy atom. The smallest absolute Gasteiger partial charge is 0.0354 e. The van der Waals surface area contributed by atoms with E-state index in [1.807, 2.05) is 0 Å². The van der Waals surface area contributed by atoms with Gasteiger partial charge in [-0.05, 0) is 18.8 Å². The van der Waals surface area contributed by atoms with Crippen LogP contribution in [0.2, 0.25) is 0 Å². The van der Waals surface area contributed by atoms with Gasteiger partial charge in [0, 0.05) is 0 Å². The summed E-state index contributed by atoms with van der Waals surface area (Å²) in [7, 11) is 0. The summed E-state index contributed by atoms with van der Waals surface area (Å²) in [5.74, 6) is 0. The van der Waals surface area contributed by atoms with Crippen LogP contribution in [0.3, 0.4) is 0 Å². The zero-order chi connectivity index (χ0) is 5.91. The van der Waals surface area contributed by atoms with Gasteiger partial charge in [0.05, 0.1) is 0 Å². The molecule has 0 heterocycles. The molecule has 0 saturated carbocycles. The summed E-state index contributed by atoms with van der Waals surface area (Å²) >= 11 is 0. The van der Waals surface area contributed by atoms with Crippen molar-refractivity contribution in [3.05, 3.63) is 6.92 Å². The second-order valence-corrected chi connectivity index (χ2v) is 2.91. The molecule has 0 rings (SSSR count). The van der Waals surface area contributed by atoms with Crippen LogP contribution in [-0.2, 0) is 0 Å². The summed E-state index contributed by atoms with van der Waals surface area (Å²) in [6.45, 7) is 10.5. The molecule has 7 heavy (non-hydrogen) atoms. The molecule has 0 aromatic heterocycles. The Morgan fingerprint density at radius 2 is 1.86 bits per heavy atom. The van der Waals surface area contributed by atoms with Crippen molar-refractivity contribution in [2.75, 3.05) is 0 Å². The van der Waals surface area contributed by atoms with Gasteiger partial charge in [-0.25, -0.2) is 0 Å². The molecule has 0 aromatic carbocycles. The van der Waals surface area contributed by atoms with E-state index in [9.17, 15) is 0 Å². The summed E-state index contributed by atoms with van der Waals surface area (Å²) in [5.41, 5.74) is 0.300. The molecular formula is C7H15. The van der Waals surface area contributed by atoms with E-state index in [0.717, 1.165) is 0 Å². The molecule has 0 unspecified atom stereocenters. The lowest BCUT2D eigenvalue weighted by Gasteiger charge is -2.15. The van der Waals surface area contributed by atoms with Crippen LogP contribution < -0.4 is 0 Å². The molecule has 0 bridgehead atoms. The lowest BCUT2D eigenvalue weighted by Crippen LogP contribution is -2.03.